The molecule has 0 spiro atoms. The van der Waals surface area contributed by atoms with Crippen molar-refractivity contribution in [1.29, 1.82) is 0 Å². The SMILES string of the molecule is CC.Cc1cc(N)on1.Cc1cc(NC(=O)c2ccn3c(=O)c4c(nc3c2)CCCCC4)on1.O=C(O)c1ccn2c(=O)c3c(nc2c1)CCCCC3.[2H]CC. The van der Waals surface area contributed by atoms with Crippen LogP contribution < -0.4 is 22.2 Å². The van der Waals surface area contributed by atoms with Gasteiger partial charge in [-0.2, -0.15) is 0 Å². The topological polar surface area (TPSA) is 213 Å². The largest absolute Gasteiger partial charge is 0.478 e. The van der Waals surface area contributed by atoms with Crippen molar-refractivity contribution in [2.24, 2.45) is 0 Å². The van der Waals surface area contributed by atoms with Crippen LogP contribution in [0.25, 0.3) is 11.3 Å². The summed E-state index contributed by atoms with van der Waals surface area (Å²) >= 11 is 0. The summed E-state index contributed by atoms with van der Waals surface area (Å²) in [5, 5.41) is 18.9. The van der Waals surface area contributed by atoms with Crippen molar-refractivity contribution in [2.45, 2.75) is 106 Å². The standard InChI is InChI=1S/C18H18N4O3.C14H14N2O3.C4H6N2O.2C2H6/c1-11-9-16(25-21-11)20-17(23)12-7-8-22-15(10-12)19-14-6-4-2-3-5-13(14)18(22)24;17-13-10-4-2-1-3-5-11(10)15-12-8-9(14(18)19)6-7-16(12)13;1-3-2-4(5)7-6-3;2*1-2/h7-10H,2-6H2,1H3,(H,20,23);6-8H,1-5H2,(H,18,19);2H,5H2,1H3;2*1-2H3/i;;;1D;. The summed E-state index contributed by atoms with van der Waals surface area (Å²) in [6, 6.07) is 9.43. The number of nitrogens with two attached hydrogens (primary N) is 1. The molecule has 0 radical (unpaired) electrons. The number of aryl methyl sites for hydroxylation is 4. The Labute approximate surface area is 320 Å². The summed E-state index contributed by atoms with van der Waals surface area (Å²) in [6.45, 7) is 9.89. The fourth-order valence-electron chi connectivity index (χ4n) is 6.16. The van der Waals surface area contributed by atoms with Gasteiger partial charge in [0.05, 0.1) is 28.3 Å². The highest BCUT2D eigenvalue weighted by molar-refractivity contribution is 6.04. The van der Waals surface area contributed by atoms with E-state index in [0.717, 1.165) is 92.4 Å². The molecular formula is C40H50N8O7. The summed E-state index contributed by atoms with van der Waals surface area (Å²) in [6.07, 6.45) is 12.6. The average molecular weight is 756 g/mol. The first-order valence-electron chi connectivity index (χ1n) is 19.2. The van der Waals surface area contributed by atoms with Gasteiger partial charge in [-0.3, -0.25) is 28.5 Å². The first-order valence-corrected chi connectivity index (χ1v) is 18.5. The highest BCUT2D eigenvalue weighted by atomic mass is 16.5. The van der Waals surface area contributed by atoms with Crippen molar-refractivity contribution >= 4 is 34.9 Å². The number of aromatic nitrogens is 6. The summed E-state index contributed by atoms with van der Waals surface area (Å²) < 4.78 is 18.7. The van der Waals surface area contributed by atoms with E-state index in [2.05, 4.69) is 30.1 Å². The Morgan fingerprint density at radius 1 is 0.745 bits per heavy atom. The van der Waals surface area contributed by atoms with Crippen LogP contribution in [-0.2, 0) is 25.7 Å². The van der Waals surface area contributed by atoms with Gasteiger partial charge in [0.2, 0.25) is 11.8 Å². The number of amides is 1. The summed E-state index contributed by atoms with van der Waals surface area (Å²) in [7, 11) is 0. The van der Waals surface area contributed by atoms with Crippen molar-refractivity contribution in [3.63, 3.8) is 0 Å². The third kappa shape index (κ3) is 10.5. The molecule has 6 aromatic heterocycles. The van der Waals surface area contributed by atoms with Crippen LogP contribution in [0.2, 0.25) is 0 Å². The lowest BCUT2D eigenvalue weighted by atomic mass is 10.1. The van der Waals surface area contributed by atoms with E-state index in [4.69, 9.17) is 16.7 Å². The van der Waals surface area contributed by atoms with Crippen LogP contribution in [0.5, 0.6) is 0 Å². The summed E-state index contributed by atoms with van der Waals surface area (Å²) in [5.74, 6) is -0.679. The van der Waals surface area contributed by atoms with E-state index in [1.54, 1.807) is 44.3 Å². The number of nitrogens with zero attached hydrogens (tertiary/aromatic N) is 6. The van der Waals surface area contributed by atoms with Crippen molar-refractivity contribution in [1.82, 2.24) is 29.1 Å². The second-order valence-electron chi connectivity index (χ2n) is 12.6. The number of hydrogen-bond acceptors (Lipinski definition) is 11. The van der Waals surface area contributed by atoms with Crippen molar-refractivity contribution < 1.29 is 25.1 Å². The number of fused-ring (bicyclic) bond motifs is 4. The first-order chi connectivity index (χ1) is 27.0. The maximum absolute atomic E-state index is 12.7. The molecule has 0 saturated carbocycles. The van der Waals surface area contributed by atoms with Crippen LogP contribution in [0, 0.1) is 13.8 Å². The monoisotopic (exact) mass is 755 g/mol. The molecule has 15 heteroatoms. The molecule has 0 aromatic carbocycles. The van der Waals surface area contributed by atoms with Gasteiger partial charge in [-0.25, -0.2) is 14.8 Å². The molecule has 292 valence electrons. The molecule has 0 fully saturated rings. The van der Waals surface area contributed by atoms with Gasteiger partial charge in [-0.05, 0) is 89.5 Å². The van der Waals surface area contributed by atoms with Crippen LogP contribution >= 0.6 is 0 Å². The zero-order chi connectivity index (χ0) is 40.8. The predicted octanol–water partition coefficient (Wildman–Crippen LogP) is 6.79. The first kappa shape index (κ1) is 40.1. The lowest BCUT2D eigenvalue weighted by Crippen LogP contribution is -2.23. The quantitative estimate of drug-likeness (QED) is 0.159. The molecule has 8 rings (SSSR count). The molecule has 1 amide bonds. The number of carbonyl (C=O) groups excluding carboxylic acids is 1. The second kappa shape index (κ2) is 19.8. The average Bonchev–Trinajstić information content (AvgIpc) is 3.57. The maximum Gasteiger partial charge on any atom is 0.335 e. The van der Waals surface area contributed by atoms with Gasteiger partial charge in [-0.1, -0.05) is 50.8 Å². The van der Waals surface area contributed by atoms with Gasteiger partial charge < -0.3 is 19.9 Å². The lowest BCUT2D eigenvalue weighted by molar-refractivity contribution is 0.0696. The van der Waals surface area contributed by atoms with E-state index < -0.39 is 5.97 Å². The Kier molecular flexibility index (Phi) is 14.4. The molecule has 4 N–H and O–H groups in total. The van der Waals surface area contributed by atoms with Crippen molar-refractivity contribution in [3.8, 4) is 0 Å². The third-order valence-electron chi connectivity index (χ3n) is 8.72. The smallest absolute Gasteiger partial charge is 0.335 e. The molecule has 15 nitrogen and oxygen atoms in total. The molecule has 0 aliphatic heterocycles. The number of carboxylic acids is 1. The van der Waals surface area contributed by atoms with Gasteiger partial charge in [0.15, 0.2) is 0 Å². The van der Waals surface area contributed by atoms with Crippen LogP contribution in [0.4, 0.5) is 11.8 Å². The van der Waals surface area contributed by atoms with Crippen LogP contribution in [0.3, 0.4) is 0 Å². The number of rotatable bonds is 3. The van der Waals surface area contributed by atoms with Gasteiger partial charge in [0.1, 0.15) is 11.3 Å². The number of nitrogens with one attached hydrogen (secondary N) is 1. The van der Waals surface area contributed by atoms with Gasteiger partial charge in [0.25, 0.3) is 17.0 Å². The zero-order valence-electron chi connectivity index (χ0n) is 33.1. The minimum absolute atomic E-state index is 0.0280. The molecular weight excluding hydrogens is 704 g/mol. The van der Waals surface area contributed by atoms with Gasteiger partial charge in [-0.15, -0.1) is 0 Å². The molecule has 55 heavy (non-hydrogen) atoms. The van der Waals surface area contributed by atoms with Gasteiger partial charge in [0, 0.05) is 42.6 Å². The Hall–Kier alpha value is -6.12. The van der Waals surface area contributed by atoms with E-state index in [1.807, 2.05) is 20.8 Å². The van der Waals surface area contributed by atoms with Gasteiger partial charge >= 0.3 is 5.97 Å². The Bertz CT molecular complexity index is 2360. The minimum atomic E-state index is -1.01. The molecule has 2 aliphatic carbocycles. The molecule has 0 unspecified atom stereocenters. The number of pyridine rings is 2. The third-order valence-corrected chi connectivity index (χ3v) is 8.72. The Morgan fingerprint density at radius 2 is 1.22 bits per heavy atom. The van der Waals surface area contributed by atoms with Crippen LogP contribution in [-0.4, -0.2) is 46.1 Å². The number of nitrogen functional groups attached to an aromatic ring is 1. The summed E-state index contributed by atoms with van der Waals surface area (Å²) in [5.41, 5.74) is 11.4. The normalized spacial score (nSPS) is 13.2. The highest BCUT2D eigenvalue weighted by Crippen LogP contribution is 2.19. The van der Waals surface area contributed by atoms with Crippen molar-refractivity contribution in [3.05, 3.63) is 115 Å². The summed E-state index contributed by atoms with van der Waals surface area (Å²) in [4.78, 5) is 57.5. The van der Waals surface area contributed by atoms with E-state index in [-0.39, 0.29) is 28.5 Å². The van der Waals surface area contributed by atoms with E-state index in [1.165, 1.54) is 27.1 Å². The van der Waals surface area contributed by atoms with E-state index >= 15 is 0 Å². The Morgan fingerprint density at radius 3 is 1.65 bits per heavy atom. The number of aromatic carboxylic acids is 1. The van der Waals surface area contributed by atoms with E-state index in [9.17, 15) is 19.2 Å². The zero-order valence-corrected chi connectivity index (χ0v) is 32.1. The maximum atomic E-state index is 12.7. The van der Waals surface area contributed by atoms with Crippen molar-refractivity contribution in [2.75, 3.05) is 11.1 Å². The molecule has 0 saturated heterocycles. The second-order valence-corrected chi connectivity index (χ2v) is 12.6. The lowest BCUT2D eigenvalue weighted by Gasteiger charge is -2.09. The minimum Gasteiger partial charge on any atom is -0.478 e. The van der Waals surface area contributed by atoms with Crippen LogP contribution in [0.1, 0.15) is 122 Å². The molecule has 0 atom stereocenters. The number of carbonyl (C=O) groups is 2. The number of anilines is 2. The number of hydrogen-bond donors (Lipinski definition) is 3. The fraction of sp³-hybridized carbons (Fsp3) is 0.400. The molecule has 6 aromatic rings. The van der Waals surface area contributed by atoms with E-state index in [0.29, 0.717) is 35.3 Å². The predicted molar refractivity (Wildman–Crippen MR) is 210 cm³/mol. The fourth-order valence-corrected chi connectivity index (χ4v) is 6.16. The number of carboxylic acid groups (broad SMARTS) is 1. The molecule has 6 heterocycles. The molecule has 0 bridgehead atoms. The molecule has 2 aliphatic rings. The van der Waals surface area contributed by atoms with Crippen LogP contribution in [0.15, 0.2) is 67.4 Å². The Balaban J connectivity index is 0.000000197. The highest BCUT2D eigenvalue weighted by Gasteiger charge is 2.18.